The van der Waals surface area contributed by atoms with Gasteiger partial charge in [0.15, 0.2) is 0 Å². The van der Waals surface area contributed by atoms with Gasteiger partial charge in [-0.3, -0.25) is 4.90 Å². The number of benzene rings is 1. The van der Waals surface area contributed by atoms with E-state index in [1.807, 2.05) is 30.3 Å². The van der Waals surface area contributed by atoms with Crippen molar-refractivity contribution in [1.82, 2.24) is 9.80 Å². The Labute approximate surface area is 115 Å². The van der Waals surface area contributed by atoms with E-state index in [-0.39, 0.29) is 6.61 Å². The minimum atomic E-state index is -0.675. The molecule has 1 aromatic carbocycles. The van der Waals surface area contributed by atoms with Crippen LogP contribution in [0.4, 0.5) is 0 Å². The van der Waals surface area contributed by atoms with Gasteiger partial charge in [-0.25, -0.2) is 0 Å². The largest absolute Gasteiger partial charge is 0.394 e. The summed E-state index contributed by atoms with van der Waals surface area (Å²) in [7, 11) is 2.15. The Hall–Kier alpha value is -0.940. The van der Waals surface area contributed by atoms with Crippen LogP contribution in [0.25, 0.3) is 0 Å². The summed E-state index contributed by atoms with van der Waals surface area (Å²) in [6.07, 6.45) is 0. The van der Waals surface area contributed by atoms with E-state index in [0.717, 1.165) is 25.2 Å². The number of likely N-dealkylation sites (N-methyl/N-ethyl adjacent to an activating group) is 1. The molecule has 19 heavy (non-hydrogen) atoms. The van der Waals surface area contributed by atoms with E-state index >= 15 is 0 Å². The Morgan fingerprint density at radius 1 is 1.32 bits per heavy atom. The van der Waals surface area contributed by atoms with Gasteiger partial charge in [0.25, 0.3) is 0 Å². The summed E-state index contributed by atoms with van der Waals surface area (Å²) < 4.78 is 0. The van der Waals surface area contributed by atoms with E-state index < -0.39 is 5.54 Å². The monoisotopic (exact) mass is 263 g/mol. The quantitative estimate of drug-likeness (QED) is 0.829. The van der Waals surface area contributed by atoms with Gasteiger partial charge in [0.05, 0.1) is 12.1 Å². The highest BCUT2D eigenvalue weighted by Crippen LogP contribution is 2.21. The second-order valence-electron chi connectivity index (χ2n) is 5.76. The summed E-state index contributed by atoms with van der Waals surface area (Å²) in [6, 6.07) is 10.4. The molecule has 1 fully saturated rings. The first kappa shape index (κ1) is 14.5. The molecule has 0 amide bonds. The molecule has 1 heterocycles. The van der Waals surface area contributed by atoms with Gasteiger partial charge in [0, 0.05) is 32.2 Å². The molecule has 0 aliphatic carbocycles. The predicted molar refractivity (Wildman–Crippen MR) is 77.9 cm³/mol. The first-order valence-electron chi connectivity index (χ1n) is 6.93. The zero-order valence-corrected chi connectivity index (χ0v) is 11.9. The molecule has 1 saturated heterocycles. The molecule has 0 saturated carbocycles. The van der Waals surface area contributed by atoms with Crippen LogP contribution >= 0.6 is 0 Å². The van der Waals surface area contributed by atoms with Crippen molar-refractivity contribution < 1.29 is 5.11 Å². The molecule has 1 aromatic rings. The van der Waals surface area contributed by atoms with Crippen molar-refractivity contribution in [3.63, 3.8) is 0 Å². The molecule has 0 aromatic heterocycles. The maximum atomic E-state index is 9.75. The van der Waals surface area contributed by atoms with Gasteiger partial charge in [-0.2, -0.15) is 0 Å². The van der Waals surface area contributed by atoms with Crippen molar-refractivity contribution in [2.24, 2.45) is 5.73 Å². The Morgan fingerprint density at radius 3 is 2.58 bits per heavy atom. The third-order valence-electron chi connectivity index (χ3n) is 4.08. The Morgan fingerprint density at radius 2 is 2.00 bits per heavy atom. The summed E-state index contributed by atoms with van der Waals surface area (Å²) in [5.74, 6) is 0. The van der Waals surface area contributed by atoms with Crippen LogP contribution < -0.4 is 5.73 Å². The van der Waals surface area contributed by atoms with Gasteiger partial charge in [-0.15, -0.1) is 0 Å². The fourth-order valence-corrected chi connectivity index (χ4v) is 2.78. The molecule has 1 aliphatic heterocycles. The lowest BCUT2D eigenvalue weighted by atomic mass is 9.90. The average molecular weight is 263 g/mol. The van der Waals surface area contributed by atoms with E-state index in [0.29, 0.717) is 12.6 Å². The van der Waals surface area contributed by atoms with Gasteiger partial charge < -0.3 is 15.7 Å². The van der Waals surface area contributed by atoms with Crippen LogP contribution in [-0.4, -0.2) is 60.8 Å². The van der Waals surface area contributed by atoms with Gasteiger partial charge in [0.1, 0.15) is 0 Å². The molecular weight excluding hydrogens is 238 g/mol. The number of hydrogen-bond acceptors (Lipinski definition) is 4. The Bertz CT molecular complexity index is 398. The molecule has 2 unspecified atom stereocenters. The summed E-state index contributed by atoms with van der Waals surface area (Å²) in [5.41, 5.74) is 6.77. The number of piperazine rings is 1. The number of rotatable bonds is 4. The molecule has 0 spiro atoms. The number of nitrogens with zero attached hydrogens (tertiary/aromatic N) is 2. The minimum absolute atomic E-state index is 0.0317. The SMILES string of the molecule is CC1CN(C)CCN1CC(N)(CO)c1ccccc1. The van der Waals surface area contributed by atoms with Crippen molar-refractivity contribution in [2.75, 3.05) is 39.8 Å². The van der Waals surface area contributed by atoms with Crippen LogP contribution in [0.3, 0.4) is 0 Å². The predicted octanol–water partition coefficient (Wildman–Crippen LogP) is 0.469. The van der Waals surface area contributed by atoms with Gasteiger partial charge in [-0.1, -0.05) is 30.3 Å². The third-order valence-corrected chi connectivity index (χ3v) is 4.08. The van der Waals surface area contributed by atoms with Crippen molar-refractivity contribution in [3.05, 3.63) is 35.9 Å². The van der Waals surface area contributed by atoms with Crippen molar-refractivity contribution in [3.8, 4) is 0 Å². The van der Waals surface area contributed by atoms with Crippen molar-refractivity contribution in [1.29, 1.82) is 0 Å². The summed E-state index contributed by atoms with van der Waals surface area (Å²) >= 11 is 0. The zero-order chi connectivity index (χ0) is 13.9. The maximum absolute atomic E-state index is 9.75. The molecule has 2 atom stereocenters. The number of hydrogen-bond donors (Lipinski definition) is 2. The van der Waals surface area contributed by atoms with E-state index in [1.165, 1.54) is 0 Å². The summed E-state index contributed by atoms with van der Waals surface area (Å²) in [6.45, 7) is 6.00. The standard InChI is InChI=1S/C15H25N3O/c1-13-10-17(2)8-9-18(13)11-15(16,12-19)14-6-4-3-5-7-14/h3-7,13,19H,8-12,16H2,1-2H3. The van der Waals surface area contributed by atoms with Crippen LogP contribution in [0.15, 0.2) is 30.3 Å². The molecule has 4 heteroatoms. The summed E-state index contributed by atoms with van der Waals surface area (Å²) in [4.78, 5) is 4.71. The molecule has 2 rings (SSSR count). The first-order valence-corrected chi connectivity index (χ1v) is 6.93. The smallest absolute Gasteiger partial charge is 0.0773 e. The second-order valence-corrected chi connectivity index (χ2v) is 5.76. The van der Waals surface area contributed by atoms with Crippen molar-refractivity contribution in [2.45, 2.75) is 18.5 Å². The van der Waals surface area contributed by atoms with Crippen LogP contribution in [0.5, 0.6) is 0 Å². The van der Waals surface area contributed by atoms with E-state index in [9.17, 15) is 5.11 Å². The summed E-state index contributed by atoms with van der Waals surface area (Å²) in [5, 5.41) is 9.75. The molecule has 106 valence electrons. The van der Waals surface area contributed by atoms with Crippen molar-refractivity contribution >= 4 is 0 Å². The second kappa shape index (κ2) is 6.01. The molecule has 1 aliphatic rings. The Balaban J connectivity index is 2.10. The van der Waals surface area contributed by atoms with Crippen LogP contribution in [0, 0.1) is 0 Å². The lowest BCUT2D eigenvalue weighted by molar-refractivity contribution is 0.0594. The third kappa shape index (κ3) is 3.34. The Kier molecular flexibility index (Phi) is 4.58. The highest BCUT2D eigenvalue weighted by atomic mass is 16.3. The number of aliphatic hydroxyl groups excluding tert-OH is 1. The number of nitrogens with two attached hydrogens (primary N) is 1. The molecule has 0 bridgehead atoms. The lowest BCUT2D eigenvalue weighted by Gasteiger charge is -2.42. The van der Waals surface area contributed by atoms with E-state index in [4.69, 9.17) is 5.73 Å². The molecule has 3 N–H and O–H groups in total. The van der Waals surface area contributed by atoms with E-state index in [2.05, 4.69) is 23.8 Å². The topological polar surface area (TPSA) is 52.7 Å². The fourth-order valence-electron chi connectivity index (χ4n) is 2.78. The highest BCUT2D eigenvalue weighted by molar-refractivity contribution is 5.24. The highest BCUT2D eigenvalue weighted by Gasteiger charge is 2.32. The maximum Gasteiger partial charge on any atom is 0.0773 e. The molecule has 0 radical (unpaired) electrons. The van der Waals surface area contributed by atoms with Crippen LogP contribution in [0.1, 0.15) is 12.5 Å². The number of aliphatic hydroxyl groups is 1. The van der Waals surface area contributed by atoms with Crippen LogP contribution in [-0.2, 0) is 5.54 Å². The fraction of sp³-hybridized carbons (Fsp3) is 0.600. The van der Waals surface area contributed by atoms with Crippen LogP contribution in [0.2, 0.25) is 0 Å². The molecular formula is C15H25N3O. The lowest BCUT2D eigenvalue weighted by Crippen LogP contribution is -2.58. The minimum Gasteiger partial charge on any atom is -0.394 e. The molecule has 4 nitrogen and oxygen atoms in total. The van der Waals surface area contributed by atoms with Gasteiger partial charge in [-0.05, 0) is 19.5 Å². The van der Waals surface area contributed by atoms with Gasteiger partial charge >= 0.3 is 0 Å². The first-order chi connectivity index (χ1) is 9.05. The average Bonchev–Trinajstić information content (AvgIpc) is 2.43. The van der Waals surface area contributed by atoms with Gasteiger partial charge in [0.2, 0.25) is 0 Å². The zero-order valence-electron chi connectivity index (χ0n) is 11.9. The normalized spacial score (nSPS) is 25.2. The van der Waals surface area contributed by atoms with E-state index in [1.54, 1.807) is 0 Å².